The second kappa shape index (κ2) is 3.33. The third-order valence-electron chi connectivity index (χ3n) is 3.55. The van der Waals surface area contributed by atoms with Gasteiger partial charge in [-0.3, -0.25) is 0 Å². The van der Waals surface area contributed by atoms with Crippen LogP contribution in [0, 0.1) is 6.92 Å². The molecular weight excluding hydrogens is 220 g/mol. The van der Waals surface area contributed by atoms with Crippen molar-refractivity contribution >= 4 is 27.2 Å². The molecule has 0 atom stereocenters. The molecule has 4 rings (SSSR count). The van der Waals surface area contributed by atoms with Gasteiger partial charge in [-0.15, -0.1) is 0 Å². The van der Waals surface area contributed by atoms with E-state index in [0.29, 0.717) is 0 Å². The highest BCUT2D eigenvalue weighted by atomic mass is 15.2. The first-order chi connectivity index (χ1) is 8.84. The van der Waals surface area contributed by atoms with Crippen LogP contribution in [0.5, 0.6) is 0 Å². The van der Waals surface area contributed by atoms with E-state index in [4.69, 9.17) is 5.10 Å². The molecule has 0 unspecified atom stereocenters. The monoisotopic (exact) mass is 232 g/mol. The van der Waals surface area contributed by atoms with Crippen LogP contribution in [0.1, 0.15) is 5.56 Å². The van der Waals surface area contributed by atoms with Crippen molar-refractivity contribution in [2.24, 2.45) is 0 Å². The summed E-state index contributed by atoms with van der Waals surface area (Å²) in [4.78, 5) is 0. The molecule has 0 saturated heterocycles. The number of pyridine rings is 1. The van der Waals surface area contributed by atoms with E-state index in [1.807, 2.05) is 16.8 Å². The standard InChI is InChI=1S/C16H12N2/c1-11-10-14-15-8-4-5-9-18(15)17-16(14)13-7-3-2-6-12(11)13/h2-10H,1H3. The fourth-order valence-electron chi connectivity index (χ4n) is 2.69. The molecule has 0 spiro atoms. The van der Waals surface area contributed by atoms with Gasteiger partial charge < -0.3 is 0 Å². The number of hydrogen-bond donors (Lipinski definition) is 0. The normalized spacial score (nSPS) is 11.6. The topological polar surface area (TPSA) is 17.3 Å². The maximum atomic E-state index is 4.70. The van der Waals surface area contributed by atoms with E-state index < -0.39 is 0 Å². The molecule has 0 fully saturated rings. The van der Waals surface area contributed by atoms with Gasteiger partial charge in [-0.1, -0.05) is 30.3 Å². The lowest BCUT2D eigenvalue weighted by atomic mass is 10.0. The number of aryl methyl sites for hydroxylation is 1. The van der Waals surface area contributed by atoms with Crippen LogP contribution >= 0.6 is 0 Å². The van der Waals surface area contributed by atoms with Crippen molar-refractivity contribution in [2.75, 3.05) is 0 Å². The van der Waals surface area contributed by atoms with Crippen LogP contribution in [0.2, 0.25) is 0 Å². The molecule has 4 aromatic rings. The van der Waals surface area contributed by atoms with Crippen LogP contribution in [0.15, 0.2) is 54.7 Å². The summed E-state index contributed by atoms with van der Waals surface area (Å²) in [6.45, 7) is 2.16. The molecule has 0 aliphatic rings. The minimum atomic E-state index is 1.09. The van der Waals surface area contributed by atoms with Crippen molar-refractivity contribution in [3.8, 4) is 0 Å². The zero-order valence-corrected chi connectivity index (χ0v) is 10.1. The van der Waals surface area contributed by atoms with E-state index in [9.17, 15) is 0 Å². The van der Waals surface area contributed by atoms with Crippen molar-refractivity contribution in [3.63, 3.8) is 0 Å². The van der Waals surface area contributed by atoms with Crippen molar-refractivity contribution < 1.29 is 0 Å². The Morgan fingerprint density at radius 1 is 0.889 bits per heavy atom. The molecule has 2 aromatic carbocycles. The number of benzene rings is 2. The first kappa shape index (κ1) is 9.66. The highest BCUT2D eigenvalue weighted by Crippen LogP contribution is 2.29. The van der Waals surface area contributed by atoms with Gasteiger partial charge in [0.05, 0.1) is 5.52 Å². The van der Waals surface area contributed by atoms with Crippen molar-refractivity contribution in [3.05, 3.63) is 60.3 Å². The predicted molar refractivity (Wildman–Crippen MR) is 74.9 cm³/mol. The molecule has 0 aliphatic heterocycles. The smallest absolute Gasteiger partial charge is 0.101 e. The number of aromatic nitrogens is 2. The number of nitrogens with zero attached hydrogens (tertiary/aromatic N) is 2. The molecule has 0 saturated carbocycles. The minimum absolute atomic E-state index is 1.09. The van der Waals surface area contributed by atoms with E-state index in [0.717, 1.165) is 5.52 Å². The third-order valence-corrected chi connectivity index (χ3v) is 3.55. The second-order valence-electron chi connectivity index (χ2n) is 4.67. The SMILES string of the molecule is Cc1cc2c(nn3ccccc23)c2ccccc12. The Morgan fingerprint density at radius 3 is 2.56 bits per heavy atom. The Bertz CT molecular complexity index is 887. The summed E-state index contributed by atoms with van der Waals surface area (Å²) in [5.41, 5.74) is 3.56. The minimum Gasteiger partial charge on any atom is -0.240 e. The zero-order valence-electron chi connectivity index (χ0n) is 10.1. The second-order valence-corrected chi connectivity index (χ2v) is 4.67. The van der Waals surface area contributed by atoms with Crippen molar-refractivity contribution in [2.45, 2.75) is 6.92 Å². The Balaban J connectivity index is 2.36. The van der Waals surface area contributed by atoms with Gasteiger partial charge in [0.2, 0.25) is 0 Å². The van der Waals surface area contributed by atoms with E-state index in [-0.39, 0.29) is 0 Å². The fourth-order valence-corrected chi connectivity index (χ4v) is 2.69. The van der Waals surface area contributed by atoms with Gasteiger partial charge >= 0.3 is 0 Å². The fraction of sp³-hybridized carbons (Fsp3) is 0.0625. The average Bonchev–Trinajstić information content (AvgIpc) is 2.78. The molecule has 2 nitrogen and oxygen atoms in total. The van der Waals surface area contributed by atoms with Crippen LogP contribution in [-0.4, -0.2) is 9.61 Å². The Morgan fingerprint density at radius 2 is 1.67 bits per heavy atom. The van der Waals surface area contributed by atoms with Gasteiger partial charge in [0.15, 0.2) is 0 Å². The summed E-state index contributed by atoms with van der Waals surface area (Å²) in [7, 11) is 0. The van der Waals surface area contributed by atoms with E-state index in [1.165, 1.54) is 27.2 Å². The van der Waals surface area contributed by atoms with Crippen LogP contribution in [0.25, 0.3) is 27.2 Å². The largest absolute Gasteiger partial charge is 0.240 e. The molecule has 0 N–H and O–H groups in total. The Kier molecular flexibility index (Phi) is 1.78. The highest BCUT2D eigenvalue weighted by Gasteiger charge is 2.09. The van der Waals surface area contributed by atoms with Crippen LogP contribution < -0.4 is 0 Å². The van der Waals surface area contributed by atoms with E-state index in [2.05, 4.69) is 49.4 Å². The molecule has 86 valence electrons. The molecule has 2 heterocycles. The Hall–Kier alpha value is -2.35. The summed E-state index contributed by atoms with van der Waals surface area (Å²) in [6.07, 6.45) is 2.00. The molecule has 0 radical (unpaired) electrons. The molecule has 0 amide bonds. The highest BCUT2D eigenvalue weighted by molar-refractivity contribution is 6.11. The first-order valence-corrected chi connectivity index (χ1v) is 6.10. The van der Waals surface area contributed by atoms with Gasteiger partial charge in [0.25, 0.3) is 0 Å². The van der Waals surface area contributed by atoms with Gasteiger partial charge in [-0.25, -0.2) is 4.52 Å². The molecule has 0 bridgehead atoms. The summed E-state index contributed by atoms with van der Waals surface area (Å²) >= 11 is 0. The van der Waals surface area contributed by atoms with Gasteiger partial charge in [0.1, 0.15) is 5.52 Å². The number of hydrogen-bond acceptors (Lipinski definition) is 1. The number of fused-ring (bicyclic) bond motifs is 5. The number of rotatable bonds is 0. The van der Waals surface area contributed by atoms with Crippen LogP contribution in [0.3, 0.4) is 0 Å². The Labute approximate surface area is 104 Å². The van der Waals surface area contributed by atoms with Crippen LogP contribution in [0.4, 0.5) is 0 Å². The molecular formula is C16H12N2. The molecule has 2 aromatic heterocycles. The summed E-state index contributed by atoms with van der Waals surface area (Å²) < 4.78 is 1.95. The lowest BCUT2D eigenvalue weighted by Crippen LogP contribution is -1.82. The predicted octanol–water partition coefficient (Wildman–Crippen LogP) is 3.95. The summed E-state index contributed by atoms with van der Waals surface area (Å²) in [5, 5.41) is 8.45. The maximum Gasteiger partial charge on any atom is 0.101 e. The summed E-state index contributed by atoms with van der Waals surface area (Å²) in [5.74, 6) is 0. The first-order valence-electron chi connectivity index (χ1n) is 6.10. The van der Waals surface area contributed by atoms with Crippen molar-refractivity contribution in [1.82, 2.24) is 9.61 Å². The van der Waals surface area contributed by atoms with Crippen molar-refractivity contribution in [1.29, 1.82) is 0 Å². The van der Waals surface area contributed by atoms with Crippen LogP contribution in [-0.2, 0) is 0 Å². The van der Waals surface area contributed by atoms with Gasteiger partial charge in [-0.2, -0.15) is 5.10 Å². The van der Waals surface area contributed by atoms with Gasteiger partial charge in [0, 0.05) is 17.0 Å². The van der Waals surface area contributed by atoms with Gasteiger partial charge in [-0.05, 0) is 36.1 Å². The lowest BCUT2D eigenvalue weighted by molar-refractivity contribution is 0.984. The third kappa shape index (κ3) is 1.15. The quantitative estimate of drug-likeness (QED) is 0.448. The molecule has 0 aliphatic carbocycles. The van der Waals surface area contributed by atoms with E-state index >= 15 is 0 Å². The summed E-state index contributed by atoms with van der Waals surface area (Å²) in [6, 6.07) is 16.9. The molecule has 18 heavy (non-hydrogen) atoms. The maximum absolute atomic E-state index is 4.70. The van der Waals surface area contributed by atoms with E-state index in [1.54, 1.807) is 0 Å². The zero-order chi connectivity index (χ0) is 12.1. The lowest BCUT2D eigenvalue weighted by Gasteiger charge is -2.02. The molecule has 2 heteroatoms. The average molecular weight is 232 g/mol.